The number of hydrogen-bond acceptors (Lipinski definition) is 3. The molecule has 2 rings (SSSR count). The van der Waals surface area contributed by atoms with Crippen LogP contribution < -0.4 is 10.1 Å². The van der Waals surface area contributed by atoms with Crippen LogP contribution >= 0.6 is 0 Å². The Morgan fingerprint density at radius 2 is 2.22 bits per heavy atom. The molecule has 3 atom stereocenters. The van der Waals surface area contributed by atoms with Crippen molar-refractivity contribution in [2.45, 2.75) is 19.9 Å². The van der Waals surface area contributed by atoms with Crippen LogP contribution in [0.4, 0.5) is 0 Å². The van der Waals surface area contributed by atoms with Crippen molar-refractivity contribution in [1.29, 1.82) is 0 Å². The largest absolute Gasteiger partial charge is 0.493 e. The van der Waals surface area contributed by atoms with Gasteiger partial charge in [0.15, 0.2) is 0 Å². The summed E-state index contributed by atoms with van der Waals surface area (Å²) in [6.07, 6.45) is 0. The van der Waals surface area contributed by atoms with Gasteiger partial charge in [-0.3, -0.25) is 4.21 Å². The molecule has 0 radical (unpaired) electrons. The molecule has 1 aromatic rings. The SMILES string of the molecule is CCS(=O)CCNC1c2ccccc2OCC1C. The minimum absolute atomic E-state index is 0.309. The first kappa shape index (κ1) is 13.6. The Kier molecular flexibility index (Phi) is 4.78. The van der Waals surface area contributed by atoms with Gasteiger partial charge in [-0.15, -0.1) is 0 Å². The summed E-state index contributed by atoms with van der Waals surface area (Å²) in [5.41, 5.74) is 1.22. The van der Waals surface area contributed by atoms with Gasteiger partial charge in [0.1, 0.15) is 5.75 Å². The molecule has 1 N–H and O–H groups in total. The molecular weight excluding hydrogens is 246 g/mol. The number of benzene rings is 1. The molecule has 3 unspecified atom stereocenters. The fourth-order valence-corrected chi connectivity index (χ4v) is 2.91. The highest BCUT2D eigenvalue weighted by atomic mass is 32.2. The zero-order chi connectivity index (χ0) is 13.0. The molecule has 0 saturated carbocycles. The second kappa shape index (κ2) is 6.34. The van der Waals surface area contributed by atoms with Crippen LogP contribution in [0.15, 0.2) is 24.3 Å². The fourth-order valence-electron chi connectivity index (χ4n) is 2.28. The van der Waals surface area contributed by atoms with Crippen LogP contribution in [0.3, 0.4) is 0 Å². The van der Waals surface area contributed by atoms with Gasteiger partial charge in [-0.05, 0) is 6.07 Å². The number of fused-ring (bicyclic) bond motifs is 1. The van der Waals surface area contributed by atoms with Crippen molar-refractivity contribution >= 4 is 10.8 Å². The van der Waals surface area contributed by atoms with Gasteiger partial charge in [0, 0.05) is 46.4 Å². The summed E-state index contributed by atoms with van der Waals surface area (Å²) >= 11 is 0. The molecule has 0 bridgehead atoms. The third kappa shape index (κ3) is 3.12. The second-order valence-corrected chi connectivity index (χ2v) is 6.56. The van der Waals surface area contributed by atoms with E-state index < -0.39 is 10.8 Å². The molecule has 0 aliphatic carbocycles. The summed E-state index contributed by atoms with van der Waals surface area (Å²) in [5, 5.41) is 3.52. The van der Waals surface area contributed by atoms with Crippen LogP contribution in [0, 0.1) is 5.92 Å². The third-order valence-corrected chi connectivity index (χ3v) is 4.64. The monoisotopic (exact) mass is 267 g/mol. The van der Waals surface area contributed by atoms with Crippen LogP contribution in [-0.4, -0.2) is 28.9 Å². The molecule has 1 aliphatic rings. The van der Waals surface area contributed by atoms with Gasteiger partial charge in [-0.2, -0.15) is 0 Å². The molecule has 1 heterocycles. The summed E-state index contributed by atoms with van der Waals surface area (Å²) in [6.45, 7) is 5.68. The van der Waals surface area contributed by atoms with Crippen LogP contribution in [0.1, 0.15) is 25.5 Å². The molecule has 4 heteroatoms. The second-order valence-electron chi connectivity index (χ2n) is 4.69. The summed E-state index contributed by atoms with van der Waals surface area (Å²) in [4.78, 5) is 0. The van der Waals surface area contributed by atoms with Crippen molar-refractivity contribution in [3.63, 3.8) is 0 Å². The zero-order valence-corrected chi connectivity index (χ0v) is 11.8. The molecule has 3 nitrogen and oxygen atoms in total. The lowest BCUT2D eigenvalue weighted by molar-refractivity contribution is 0.190. The number of para-hydroxylation sites is 1. The Morgan fingerprint density at radius 1 is 1.44 bits per heavy atom. The van der Waals surface area contributed by atoms with Crippen molar-refractivity contribution in [2.75, 3.05) is 24.7 Å². The third-order valence-electron chi connectivity index (χ3n) is 3.34. The van der Waals surface area contributed by atoms with Gasteiger partial charge in [-0.25, -0.2) is 0 Å². The molecule has 0 saturated heterocycles. The molecule has 100 valence electrons. The lowest BCUT2D eigenvalue weighted by atomic mass is 9.92. The minimum atomic E-state index is -0.694. The molecule has 18 heavy (non-hydrogen) atoms. The minimum Gasteiger partial charge on any atom is -0.493 e. The number of rotatable bonds is 5. The van der Waals surface area contributed by atoms with E-state index in [-0.39, 0.29) is 0 Å². The van der Waals surface area contributed by atoms with Crippen LogP contribution in [0.2, 0.25) is 0 Å². The zero-order valence-electron chi connectivity index (χ0n) is 11.0. The summed E-state index contributed by atoms with van der Waals surface area (Å²) in [6, 6.07) is 8.47. The quantitative estimate of drug-likeness (QED) is 0.888. The highest BCUT2D eigenvalue weighted by molar-refractivity contribution is 7.84. The van der Waals surface area contributed by atoms with Crippen LogP contribution in [0.25, 0.3) is 0 Å². The van der Waals surface area contributed by atoms with E-state index in [0.29, 0.717) is 12.0 Å². The topological polar surface area (TPSA) is 38.3 Å². The summed E-state index contributed by atoms with van der Waals surface area (Å²) < 4.78 is 17.1. The molecule has 0 amide bonds. The Morgan fingerprint density at radius 3 is 3.00 bits per heavy atom. The predicted octanol–water partition coefficient (Wildman–Crippen LogP) is 2.11. The van der Waals surface area contributed by atoms with Gasteiger partial charge >= 0.3 is 0 Å². The number of nitrogens with one attached hydrogen (secondary N) is 1. The lowest BCUT2D eigenvalue weighted by Crippen LogP contribution is -2.35. The van der Waals surface area contributed by atoms with Crippen molar-refractivity contribution in [1.82, 2.24) is 5.32 Å². The van der Waals surface area contributed by atoms with Crippen molar-refractivity contribution in [3.05, 3.63) is 29.8 Å². The highest BCUT2D eigenvalue weighted by Gasteiger charge is 2.26. The highest BCUT2D eigenvalue weighted by Crippen LogP contribution is 2.34. The molecule has 0 spiro atoms. The first-order chi connectivity index (χ1) is 8.72. The van der Waals surface area contributed by atoms with E-state index in [1.807, 2.05) is 25.1 Å². The van der Waals surface area contributed by atoms with Crippen molar-refractivity contribution in [3.8, 4) is 5.75 Å². The van der Waals surface area contributed by atoms with Gasteiger partial charge in [-0.1, -0.05) is 32.0 Å². The first-order valence-electron chi connectivity index (χ1n) is 6.52. The maximum absolute atomic E-state index is 11.4. The average Bonchev–Trinajstić information content (AvgIpc) is 2.41. The van der Waals surface area contributed by atoms with E-state index >= 15 is 0 Å². The Hall–Kier alpha value is -0.870. The standard InChI is InChI=1S/C14H21NO2S/c1-3-18(16)9-8-15-14-11(2)10-17-13-7-5-4-6-12(13)14/h4-7,11,14-15H,3,8-10H2,1-2H3. The fraction of sp³-hybridized carbons (Fsp3) is 0.571. The maximum Gasteiger partial charge on any atom is 0.124 e. The molecule has 0 aromatic heterocycles. The summed E-state index contributed by atoms with van der Waals surface area (Å²) in [7, 11) is -0.694. The Balaban J connectivity index is 2.01. The smallest absolute Gasteiger partial charge is 0.124 e. The van der Waals surface area contributed by atoms with E-state index in [4.69, 9.17) is 4.74 Å². The van der Waals surface area contributed by atoms with Crippen molar-refractivity contribution in [2.24, 2.45) is 5.92 Å². The number of ether oxygens (including phenoxy) is 1. The van der Waals surface area contributed by atoms with Crippen LogP contribution in [0.5, 0.6) is 5.75 Å². The van der Waals surface area contributed by atoms with E-state index in [9.17, 15) is 4.21 Å². The number of hydrogen-bond donors (Lipinski definition) is 1. The van der Waals surface area contributed by atoms with Gasteiger partial charge in [0.2, 0.25) is 0 Å². The molecule has 1 aliphatic heterocycles. The summed E-state index contributed by atoms with van der Waals surface area (Å²) in [5.74, 6) is 2.88. The average molecular weight is 267 g/mol. The van der Waals surface area contributed by atoms with Gasteiger partial charge < -0.3 is 10.1 Å². The molecular formula is C14H21NO2S. The van der Waals surface area contributed by atoms with Gasteiger partial charge in [0.05, 0.1) is 6.61 Å². The van der Waals surface area contributed by atoms with E-state index in [1.165, 1.54) is 5.56 Å². The van der Waals surface area contributed by atoms with E-state index in [2.05, 4.69) is 18.3 Å². The van der Waals surface area contributed by atoms with Gasteiger partial charge in [0.25, 0.3) is 0 Å². The molecule has 1 aromatic carbocycles. The maximum atomic E-state index is 11.4. The van der Waals surface area contributed by atoms with Crippen molar-refractivity contribution < 1.29 is 8.95 Å². The molecule has 0 fully saturated rings. The Bertz CT molecular complexity index is 422. The Labute approximate surface area is 111 Å². The van der Waals surface area contributed by atoms with Crippen LogP contribution in [-0.2, 0) is 10.8 Å². The van der Waals surface area contributed by atoms with E-state index in [1.54, 1.807) is 0 Å². The first-order valence-corrected chi connectivity index (χ1v) is 8.01. The predicted molar refractivity (Wildman–Crippen MR) is 75.4 cm³/mol. The normalized spacial score (nSPS) is 24.1. The van der Waals surface area contributed by atoms with E-state index in [0.717, 1.165) is 30.4 Å². The lowest BCUT2D eigenvalue weighted by Gasteiger charge is -2.32.